The average Bonchev–Trinajstić information content (AvgIpc) is 2.51. The average molecular weight is 318 g/mol. The summed E-state index contributed by atoms with van der Waals surface area (Å²) in [5.41, 5.74) is 1.52. The van der Waals surface area contributed by atoms with Crippen LogP contribution in [0.25, 0.3) is 0 Å². The monoisotopic (exact) mass is 317 g/mol. The Balaban J connectivity index is 2.23. The summed E-state index contributed by atoms with van der Waals surface area (Å²) in [5, 5.41) is 9.18. The van der Waals surface area contributed by atoms with Gasteiger partial charge in [-0.25, -0.2) is 4.79 Å². The Labute approximate surface area is 114 Å². The lowest BCUT2D eigenvalue weighted by atomic mass is 10.0. The number of thiophene rings is 1. The summed E-state index contributed by atoms with van der Waals surface area (Å²) in [5.74, 6) is -0.161. The third-order valence-electron chi connectivity index (χ3n) is 2.93. The first-order valence-electron chi connectivity index (χ1n) is 5.74. The number of nitrogens with zero attached hydrogens (tertiary/aromatic N) is 1. The summed E-state index contributed by atoms with van der Waals surface area (Å²) < 4.78 is 0.765. The van der Waals surface area contributed by atoms with Gasteiger partial charge in [0.05, 0.1) is 9.35 Å². The lowest BCUT2D eigenvalue weighted by molar-refractivity contribution is 0.0694. The summed E-state index contributed by atoms with van der Waals surface area (Å²) in [6.07, 6.45) is 0.853. The number of rotatable bonds is 3. The number of hydrogen-bond acceptors (Lipinski definition) is 3. The molecule has 0 amide bonds. The Morgan fingerprint density at radius 1 is 1.59 bits per heavy atom. The molecule has 2 heterocycles. The summed E-state index contributed by atoms with van der Waals surface area (Å²) in [6.45, 7) is 7.36. The van der Waals surface area contributed by atoms with E-state index >= 15 is 0 Å². The van der Waals surface area contributed by atoms with Crippen LogP contribution in [-0.4, -0.2) is 29.1 Å². The largest absolute Gasteiger partial charge is 0.478 e. The van der Waals surface area contributed by atoms with Gasteiger partial charge in [0.2, 0.25) is 0 Å². The van der Waals surface area contributed by atoms with Crippen LogP contribution in [0.15, 0.2) is 3.79 Å². The highest BCUT2D eigenvalue weighted by molar-refractivity contribution is 9.11. The zero-order valence-corrected chi connectivity index (χ0v) is 12.4. The Morgan fingerprint density at radius 2 is 2.29 bits per heavy atom. The van der Waals surface area contributed by atoms with Crippen LogP contribution in [0.2, 0.25) is 0 Å². The number of halogens is 1. The van der Waals surface area contributed by atoms with Gasteiger partial charge in [0.25, 0.3) is 0 Å². The first-order chi connectivity index (χ1) is 7.99. The fourth-order valence-electron chi connectivity index (χ4n) is 2.31. The molecule has 0 aliphatic carbocycles. The predicted molar refractivity (Wildman–Crippen MR) is 72.8 cm³/mol. The first-order valence-corrected chi connectivity index (χ1v) is 7.35. The quantitative estimate of drug-likeness (QED) is 0.930. The second kappa shape index (κ2) is 5.08. The number of carbonyl (C=O) groups is 1. The van der Waals surface area contributed by atoms with Gasteiger partial charge in [-0.15, -0.1) is 11.3 Å². The van der Waals surface area contributed by atoms with E-state index in [0.717, 1.165) is 35.4 Å². The molecule has 1 aliphatic rings. The van der Waals surface area contributed by atoms with E-state index in [1.54, 1.807) is 11.3 Å². The second-order valence-electron chi connectivity index (χ2n) is 4.84. The molecule has 0 saturated heterocycles. The van der Waals surface area contributed by atoms with Crippen molar-refractivity contribution in [1.29, 1.82) is 0 Å². The number of hydrogen-bond donors (Lipinski definition) is 1. The van der Waals surface area contributed by atoms with Gasteiger partial charge in [0.15, 0.2) is 0 Å². The highest BCUT2D eigenvalue weighted by Gasteiger charge is 2.26. The number of carboxylic acid groups (broad SMARTS) is 1. The third-order valence-corrected chi connectivity index (χ3v) is 4.82. The van der Waals surface area contributed by atoms with Crippen LogP contribution in [0.4, 0.5) is 0 Å². The maximum atomic E-state index is 11.2. The normalized spacial score (nSPS) is 16.2. The van der Waals surface area contributed by atoms with E-state index in [4.69, 9.17) is 0 Å². The number of aromatic carboxylic acids is 1. The van der Waals surface area contributed by atoms with Gasteiger partial charge in [0, 0.05) is 24.5 Å². The smallest absolute Gasteiger partial charge is 0.338 e. The minimum Gasteiger partial charge on any atom is -0.478 e. The fraction of sp³-hybridized carbons (Fsp3) is 0.583. The molecule has 5 heteroatoms. The molecule has 0 aromatic carbocycles. The van der Waals surface area contributed by atoms with Crippen molar-refractivity contribution < 1.29 is 9.90 Å². The van der Waals surface area contributed by atoms with Crippen LogP contribution in [-0.2, 0) is 13.0 Å². The van der Waals surface area contributed by atoms with Crippen molar-refractivity contribution in [3.8, 4) is 0 Å². The van der Waals surface area contributed by atoms with Crippen LogP contribution in [0, 0.1) is 5.92 Å². The molecule has 1 aliphatic heterocycles. The lowest BCUT2D eigenvalue weighted by Crippen LogP contribution is -2.33. The second-order valence-corrected chi connectivity index (χ2v) is 7.26. The van der Waals surface area contributed by atoms with Crippen LogP contribution < -0.4 is 0 Å². The highest BCUT2D eigenvalue weighted by Crippen LogP contribution is 2.36. The molecule has 3 nitrogen and oxygen atoms in total. The van der Waals surface area contributed by atoms with Gasteiger partial charge in [-0.1, -0.05) is 13.8 Å². The van der Waals surface area contributed by atoms with Gasteiger partial charge in [-0.3, -0.25) is 4.90 Å². The van der Waals surface area contributed by atoms with Crippen molar-refractivity contribution in [2.45, 2.75) is 26.8 Å². The molecule has 1 N–H and O–H groups in total. The molecular formula is C12H16BrNO2S. The van der Waals surface area contributed by atoms with Crippen molar-refractivity contribution in [2.75, 3.05) is 13.1 Å². The number of carboxylic acids is 1. The zero-order valence-electron chi connectivity index (χ0n) is 9.99. The van der Waals surface area contributed by atoms with Crippen molar-refractivity contribution in [2.24, 2.45) is 5.92 Å². The van der Waals surface area contributed by atoms with E-state index in [1.165, 1.54) is 4.88 Å². The van der Waals surface area contributed by atoms with Gasteiger partial charge < -0.3 is 5.11 Å². The highest BCUT2D eigenvalue weighted by atomic mass is 79.9. The Kier molecular flexibility index (Phi) is 3.90. The van der Waals surface area contributed by atoms with E-state index in [1.807, 2.05) is 0 Å². The van der Waals surface area contributed by atoms with Crippen molar-refractivity contribution >= 4 is 33.2 Å². The Morgan fingerprint density at radius 3 is 2.88 bits per heavy atom. The maximum absolute atomic E-state index is 11.2. The molecule has 17 heavy (non-hydrogen) atoms. The van der Waals surface area contributed by atoms with Gasteiger partial charge >= 0.3 is 5.97 Å². The minimum atomic E-state index is -0.813. The van der Waals surface area contributed by atoms with Crippen LogP contribution in [0.3, 0.4) is 0 Å². The molecule has 0 unspecified atom stereocenters. The summed E-state index contributed by atoms with van der Waals surface area (Å²) in [6, 6.07) is 0. The van der Waals surface area contributed by atoms with E-state index < -0.39 is 5.97 Å². The van der Waals surface area contributed by atoms with Gasteiger partial charge in [0.1, 0.15) is 0 Å². The summed E-state index contributed by atoms with van der Waals surface area (Å²) >= 11 is 4.94. The van der Waals surface area contributed by atoms with E-state index in [2.05, 4.69) is 34.7 Å². The van der Waals surface area contributed by atoms with Crippen LogP contribution >= 0.6 is 27.3 Å². The summed E-state index contributed by atoms with van der Waals surface area (Å²) in [4.78, 5) is 14.8. The maximum Gasteiger partial charge on any atom is 0.338 e. The summed E-state index contributed by atoms with van der Waals surface area (Å²) in [7, 11) is 0. The van der Waals surface area contributed by atoms with E-state index in [9.17, 15) is 9.90 Å². The SMILES string of the molecule is CC(C)CN1CCc2c(sc(Br)c2C(=O)O)C1. The van der Waals surface area contributed by atoms with Gasteiger partial charge in [-0.05, 0) is 33.8 Å². The molecule has 1 aromatic heterocycles. The first kappa shape index (κ1) is 13.1. The lowest BCUT2D eigenvalue weighted by Gasteiger charge is -2.28. The molecule has 0 radical (unpaired) electrons. The zero-order chi connectivity index (χ0) is 12.6. The molecule has 0 bridgehead atoms. The van der Waals surface area contributed by atoms with Crippen LogP contribution in [0.1, 0.15) is 34.6 Å². The molecule has 0 fully saturated rings. The van der Waals surface area contributed by atoms with Crippen molar-refractivity contribution in [3.05, 3.63) is 19.8 Å². The minimum absolute atomic E-state index is 0.481. The third kappa shape index (κ3) is 2.72. The van der Waals surface area contributed by atoms with Gasteiger partial charge in [-0.2, -0.15) is 0 Å². The van der Waals surface area contributed by atoms with E-state index in [-0.39, 0.29) is 0 Å². The predicted octanol–water partition coefficient (Wildman–Crippen LogP) is 3.22. The molecule has 0 saturated carbocycles. The topological polar surface area (TPSA) is 40.5 Å². The number of fused-ring (bicyclic) bond motifs is 1. The standard InChI is InChI=1S/C12H16BrNO2S/c1-7(2)5-14-4-3-8-9(6-14)17-11(13)10(8)12(15)16/h7H,3-6H2,1-2H3,(H,15,16). The molecule has 2 rings (SSSR count). The van der Waals surface area contributed by atoms with Crippen molar-refractivity contribution in [1.82, 2.24) is 4.90 Å². The van der Waals surface area contributed by atoms with Crippen molar-refractivity contribution in [3.63, 3.8) is 0 Å². The van der Waals surface area contributed by atoms with E-state index in [0.29, 0.717) is 11.5 Å². The molecule has 94 valence electrons. The molecular weight excluding hydrogens is 302 g/mol. The fourth-order valence-corrected chi connectivity index (χ4v) is 4.41. The molecule has 1 aromatic rings. The Hall–Kier alpha value is -0.390. The molecule has 0 spiro atoms. The Bertz CT molecular complexity index is 442. The molecule has 0 atom stereocenters. The van der Waals surface area contributed by atoms with Crippen LogP contribution in [0.5, 0.6) is 0 Å².